The van der Waals surface area contributed by atoms with Crippen molar-refractivity contribution < 1.29 is 4.79 Å². The van der Waals surface area contributed by atoms with Gasteiger partial charge in [-0.1, -0.05) is 0 Å². The van der Waals surface area contributed by atoms with Crippen molar-refractivity contribution in [1.29, 1.82) is 0 Å². The van der Waals surface area contributed by atoms with E-state index in [1.165, 1.54) is 24.3 Å². The fourth-order valence-corrected chi connectivity index (χ4v) is 3.72. The lowest BCUT2D eigenvalue weighted by molar-refractivity contribution is -0.120. The van der Waals surface area contributed by atoms with Gasteiger partial charge in [0.1, 0.15) is 0 Å². The minimum Gasteiger partial charge on any atom is -0.351 e. The van der Waals surface area contributed by atoms with Gasteiger partial charge in [0.25, 0.3) is 0 Å². The zero-order valence-corrected chi connectivity index (χ0v) is 8.95. The molecule has 2 fully saturated rings. The number of rotatable bonds is 1. The van der Waals surface area contributed by atoms with Gasteiger partial charge in [-0.05, 0) is 43.6 Å². The Labute approximate surface area is 83.8 Å². The summed E-state index contributed by atoms with van der Waals surface area (Å²) in [7, 11) is 0. The Morgan fingerprint density at radius 1 is 1.62 bits per heavy atom. The largest absolute Gasteiger partial charge is 0.351 e. The SMILES string of the molecule is CC1(C2CCCSC2)CCC(=O)N1. The van der Waals surface area contributed by atoms with Crippen LogP contribution in [-0.2, 0) is 4.79 Å². The summed E-state index contributed by atoms with van der Waals surface area (Å²) in [6.45, 7) is 2.22. The van der Waals surface area contributed by atoms with Crippen molar-refractivity contribution in [1.82, 2.24) is 5.32 Å². The fraction of sp³-hybridized carbons (Fsp3) is 0.900. The Bertz CT molecular complexity index is 213. The molecule has 1 N–H and O–H groups in total. The Morgan fingerprint density at radius 2 is 2.46 bits per heavy atom. The Balaban J connectivity index is 2.01. The van der Waals surface area contributed by atoms with Gasteiger partial charge in [0.15, 0.2) is 0 Å². The molecule has 0 aromatic carbocycles. The first-order valence-electron chi connectivity index (χ1n) is 5.09. The standard InChI is InChI=1S/C10H17NOS/c1-10(5-4-9(12)11-10)8-3-2-6-13-7-8/h8H,2-7H2,1H3,(H,11,12). The third-order valence-electron chi connectivity index (χ3n) is 3.36. The molecule has 1 amide bonds. The molecule has 2 nitrogen and oxygen atoms in total. The highest BCUT2D eigenvalue weighted by atomic mass is 32.2. The van der Waals surface area contributed by atoms with Gasteiger partial charge < -0.3 is 5.32 Å². The first-order valence-corrected chi connectivity index (χ1v) is 6.25. The molecule has 2 rings (SSSR count). The van der Waals surface area contributed by atoms with Gasteiger partial charge >= 0.3 is 0 Å². The molecule has 0 aromatic heterocycles. The molecule has 0 aromatic rings. The molecule has 0 bridgehead atoms. The number of hydrogen-bond acceptors (Lipinski definition) is 2. The summed E-state index contributed by atoms with van der Waals surface area (Å²) in [6.07, 6.45) is 4.39. The van der Waals surface area contributed by atoms with E-state index in [1.54, 1.807) is 0 Å². The van der Waals surface area contributed by atoms with Crippen molar-refractivity contribution in [3.63, 3.8) is 0 Å². The smallest absolute Gasteiger partial charge is 0.220 e. The van der Waals surface area contributed by atoms with E-state index in [2.05, 4.69) is 12.2 Å². The van der Waals surface area contributed by atoms with Crippen molar-refractivity contribution in [3.05, 3.63) is 0 Å². The van der Waals surface area contributed by atoms with E-state index in [9.17, 15) is 4.79 Å². The summed E-state index contributed by atoms with van der Waals surface area (Å²) in [5.74, 6) is 3.49. The lowest BCUT2D eigenvalue weighted by Gasteiger charge is -2.36. The number of thioether (sulfide) groups is 1. The van der Waals surface area contributed by atoms with Gasteiger partial charge in [-0.15, -0.1) is 0 Å². The summed E-state index contributed by atoms with van der Waals surface area (Å²) in [6, 6.07) is 0. The molecule has 0 spiro atoms. The molecule has 2 aliphatic heterocycles. The molecule has 2 heterocycles. The van der Waals surface area contributed by atoms with E-state index < -0.39 is 0 Å². The molecule has 0 radical (unpaired) electrons. The van der Waals surface area contributed by atoms with Gasteiger partial charge in [-0.25, -0.2) is 0 Å². The minimum atomic E-state index is 0.116. The van der Waals surface area contributed by atoms with Crippen LogP contribution in [0.3, 0.4) is 0 Å². The van der Waals surface area contributed by atoms with Crippen LogP contribution in [0.1, 0.15) is 32.6 Å². The molecule has 2 saturated heterocycles. The van der Waals surface area contributed by atoms with E-state index in [4.69, 9.17) is 0 Å². The third kappa shape index (κ3) is 1.85. The van der Waals surface area contributed by atoms with Crippen LogP contribution in [0.2, 0.25) is 0 Å². The molecule has 74 valence electrons. The van der Waals surface area contributed by atoms with Crippen molar-refractivity contribution in [2.75, 3.05) is 11.5 Å². The number of amides is 1. The van der Waals surface area contributed by atoms with Gasteiger partial charge in [-0.2, -0.15) is 11.8 Å². The zero-order chi connectivity index (χ0) is 9.31. The van der Waals surface area contributed by atoms with Crippen LogP contribution < -0.4 is 5.32 Å². The predicted molar refractivity (Wildman–Crippen MR) is 55.8 cm³/mol. The van der Waals surface area contributed by atoms with Crippen molar-refractivity contribution in [3.8, 4) is 0 Å². The molecule has 0 aliphatic carbocycles. The summed E-state index contributed by atoms with van der Waals surface area (Å²) in [5.41, 5.74) is 0.116. The summed E-state index contributed by atoms with van der Waals surface area (Å²) >= 11 is 2.04. The summed E-state index contributed by atoms with van der Waals surface area (Å²) in [5, 5.41) is 3.15. The van der Waals surface area contributed by atoms with Crippen molar-refractivity contribution in [2.45, 2.75) is 38.1 Å². The first kappa shape index (κ1) is 9.38. The molecule has 3 heteroatoms. The highest BCUT2D eigenvalue weighted by Gasteiger charge is 2.40. The van der Waals surface area contributed by atoms with E-state index in [0.717, 1.165) is 12.8 Å². The monoisotopic (exact) mass is 199 g/mol. The lowest BCUT2D eigenvalue weighted by atomic mass is 9.82. The lowest BCUT2D eigenvalue weighted by Crippen LogP contribution is -2.47. The summed E-state index contributed by atoms with van der Waals surface area (Å²) in [4.78, 5) is 11.2. The number of hydrogen-bond donors (Lipinski definition) is 1. The van der Waals surface area contributed by atoms with Gasteiger partial charge in [0, 0.05) is 12.0 Å². The highest BCUT2D eigenvalue weighted by Crippen LogP contribution is 2.36. The van der Waals surface area contributed by atoms with Crippen LogP contribution in [0.25, 0.3) is 0 Å². The highest BCUT2D eigenvalue weighted by molar-refractivity contribution is 7.99. The normalized spacial score (nSPS) is 40.4. The van der Waals surface area contributed by atoms with Crippen LogP contribution in [0.15, 0.2) is 0 Å². The fourth-order valence-electron chi connectivity index (χ4n) is 2.37. The second-order valence-electron chi connectivity index (χ2n) is 4.38. The van der Waals surface area contributed by atoms with E-state index >= 15 is 0 Å². The Hall–Kier alpha value is -0.180. The van der Waals surface area contributed by atoms with E-state index in [1.807, 2.05) is 11.8 Å². The number of nitrogens with one attached hydrogen (secondary N) is 1. The third-order valence-corrected chi connectivity index (χ3v) is 4.57. The minimum absolute atomic E-state index is 0.116. The van der Waals surface area contributed by atoms with Crippen LogP contribution >= 0.6 is 11.8 Å². The zero-order valence-electron chi connectivity index (χ0n) is 8.14. The van der Waals surface area contributed by atoms with E-state index in [-0.39, 0.29) is 11.4 Å². The van der Waals surface area contributed by atoms with Crippen molar-refractivity contribution >= 4 is 17.7 Å². The molecule has 2 atom stereocenters. The maximum atomic E-state index is 11.2. The molecule has 2 aliphatic rings. The second-order valence-corrected chi connectivity index (χ2v) is 5.53. The second kappa shape index (κ2) is 3.52. The predicted octanol–water partition coefficient (Wildman–Crippen LogP) is 1.80. The van der Waals surface area contributed by atoms with Crippen LogP contribution in [0.5, 0.6) is 0 Å². The number of carbonyl (C=O) groups excluding carboxylic acids is 1. The average molecular weight is 199 g/mol. The van der Waals surface area contributed by atoms with E-state index in [0.29, 0.717) is 5.92 Å². The van der Waals surface area contributed by atoms with Gasteiger partial charge in [-0.3, -0.25) is 4.79 Å². The average Bonchev–Trinajstić information content (AvgIpc) is 2.49. The maximum Gasteiger partial charge on any atom is 0.220 e. The molecular formula is C10H17NOS. The topological polar surface area (TPSA) is 29.1 Å². The van der Waals surface area contributed by atoms with Crippen LogP contribution in [0, 0.1) is 5.92 Å². The number of carbonyl (C=O) groups is 1. The van der Waals surface area contributed by atoms with Gasteiger partial charge in [0.2, 0.25) is 5.91 Å². The van der Waals surface area contributed by atoms with Crippen LogP contribution in [0.4, 0.5) is 0 Å². The quantitative estimate of drug-likeness (QED) is 0.697. The first-order chi connectivity index (χ1) is 6.21. The maximum absolute atomic E-state index is 11.2. The molecular weight excluding hydrogens is 182 g/mol. The van der Waals surface area contributed by atoms with Crippen LogP contribution in [-0.4, -0.2) is 23.0 Å². The molecule has 2 unspecified atom stereocenters. The molecule has 13 heavy (non-hydrogen) atoms. The van der Waals surface area contributed by atoms with Gasteiger partial charge in [0.05, 0.1) is 0 Å². The molecule has 0 saturated carbocycles. The Kier molecular flexibility index (Phi) is 2.54. The summed E-state index contributed by atoms with van der Waals surface area (Å²) < 4.78 is 0. The van der Waals surface area contributed by atoms with Crippen molar-refractivity contribution in [2.24, 2.45) is 5.92 Å². The Morgan fingerprint density at radius 3 is 3.00 bits per heavy atom.